The Hall–Kier alpha value is -2.13. The molecule has 190 valence electrons. The van der Waals surface area contributed by atoms with E-state index in [1.54, 1.807) is 0 Å². The first kappa shape index (κ1) is 25.9. The van der Waals surface area contributed by atoms with Gasteiger partial charge in [0.2, 0.25) is 0 Å². The van der Waals surface area contributed by atoms with Crippen molar-refractivity contribution in [1.82, 2.24) is 4.90 Å². The summed E-state index contributed by atoms with van der Waals surface area (Å²) in [6.45, 7) is 7.84. The summed E-state index contributed by atoms with van der Waals surface area (Å²) < 4.78 is 0. The molecule has 1 heterocycles. The molecule has 0 amide bonds. The Morgan fingerprint density at radius 1 is 0.971 bits per heavy atom. The molecule has 2 aromatic carbocycles. The fourth-order valence-corrected chi connectivity index (χ4v) is 6.84. The largest absolute Gasteiger partial charge is 0.481 e. The van der Waals surface area contributed by atoms with E-state index < -0.39 is 5.97 Å². The molecule has 1 aliphatic heterocycles. The summed E-state index contributed by atoms with van der Waals surface area (Å²) in [6.07, 6.45) is 9.33. The topological polar surface area (TPSA) is 40.5 Å². The van der Waals surface area contributed by atoms with Crippen LogP contribution in [-0.2, 0) is 11.2 Å². The second-order valence-corrected chi connectivity index (χ2v) is 11.7. The van der Waals surface area contributed by atoms with Gasteiger partial charge < -0.3 is 10.0 Å². The molecule has 0 radical (unpaired) electrons. The Morgan fingerprint density at radius 2 is 1.63 bits per heavy atom. The number of carbonyl (C=O) groups is 1. The summed E-state index contributed by atoms with van der Waals surface area (Å²) in [5.74, 6) is 1.82. The molecule has 3 heteroatoms. The van der Waals surface area contributed by atoms with E-state index in [9.17, 15) is 9.90 Å². The van der Waals surface area contributed by atoms with E-state index in [2.05, 4.69) is 79.4 Å². The first-order valence-corrected chi connectivity index (χ1v) is 14.0. The summed E-state index contributed by atoms with van der Waals surface area (Å²) in [4.78, 5) is 14.9. The molecule has 1 aliphatic carbocycles. The standard InChI is InChI=1S/C32H45NO2/c1-24(2)20-31(32(34)35)28-21-29(30(22-28)27-14-7-4-8-15-27)23-33-18-16-26(17-19-33)13-9-12-25-10-5-3-6-11-25/h3-8,10-11,14-15,24,26,28-31H,9,12-13,16-23H2,1-2H3,(H,34,35)/t28?,29-,30-,31?/m1/s1. The second kappa shape index (κ2) is 12.7. The van der Waals surface area contributed by atoms with Gasteiger partial charge in [0.05, 0.1) is 5.92 Å². The van der Waals surface area contributed by atoms with Gasteiger partial charge in [-0.1, -0.05) is 80.9 Å². The number of aliphatic carboxylic acids is 1. The van der Waals surface area contributed by atoms with Crippen LogP contribution in [0.25, 0.3) is 0 Å². The highest BCUT2D eigenvalue weighted by Crippen LogP contribution is 2.47. The van der Waals surface area contributed by atoms with Gasteiger partial charge in [-0.25, -0.2) is 0 Å². The second-order valence-electron chi connectivity index (χ2n) is 11.7. The monoisotopic (exact) mass is 475 g/mol. The van der Waals surface area contributed by atoms with Crippen molar-refractivity contribution in [3.05, 3.63) is 71.8 Å². The van der Waals surface area contributed by atoms with Crippen LogP contribution in [0.4, 0.5) is 0 Å². The molecule has 1 N–H and O–H groups in total. The first-order valence-electron chi connectivity index (χ1n) is 14.0. The van der Waals surface area contributed by atoms with Crippen LogP contribution in [0.2, 0.25) is 0 Å². The van der Waals surface area contributed by atoms with Crippen LogP contribution >= 0.6 is 0 Å². The zero-order valence-electron chi connectivity index (χ0n) is 21.8. The lowest BCUT2D eigenvalue weighted by Gasteiger charge is -2.35. The third-order valence-electron chi connectivity index (χ3n) is 8.69. The normalized spacial score (nSPS) is 24.6. The van der Waals surface area contributed by atoms with Crippen molar-refractivity contribution in [3.63, 3.8) is 0 Å². The molecule has 2 unspecified atom stereocenters. The number of carboxylic acids is 1. The van der Waals surface area contributed by atoms with Gasteiger partial charge in [-0.15, -0.1) is 0 Å². The minimum absolute atomic E-state index is 0.207. The van der Waals surface area contributed by atoms with Gasteiger partial charge in [0.15, 0.2) is 0 Å². The minimum Gasteiger partial charge on any atom is -0.481 e. The fourth-order valence-electron chi connectivity index (χ4n) is 6.84. The van der Waals surface area contributed by atoms with Gasteiger partial charge in [-0.05, 0) is 98.8 Å². The van der Waals surface area contributed by atoms with E-state index >= 15 is 0 Å². The lowest BCUT2D eigenvalue weighted by molar-refractivity contribution is -0.144. The van der Waals surface area contributed by atoms with Crippen LogP contribution in [0.1, 0.15) is 75.8 Å². The van der Waals surface area contributed by atoms with Crippen LogP contribution in [0.5, 0.6) is 0 Å². The SMILES string of the molecule is CC(C)CC(C(=O)O)C1C[C@H](CN2CCC(CCCc3ccccc3)CC2)[C@@H](c2ccccc2)C1. The van der Waals surface area contributed by atoms with E-state index in [-0.39, 0.29) is 5.92 Å². The molecular formula is C32H45NO2. The van der Waals surface area contributed by atoms with E-state index in [4.69, 9.17) is 0 Å². The highest BCUT2D eigenvalue weighted by molar-refractivity contribution is 5.70. The molecule has 3 nitrogen and oxygen atoms in total. The molecule has 0 spiro atoms. The maximum atomic E-state index is 12.2. The first-order chi connectivity index (χ1) is 17.0. The quantitative estimate of drug-likeness (QED) is 0.371. The maximum absolute atomic E-state index is 12.2. The summed E-state index contributed by atoms with van der Waals surface area (Å²) >= 11 is 0. The molecule has 0 aromatic heterocycles. The summed E-state index contributed by atoms with van der Waals surface area (Å²) in [5.41, 5.74) is 2.87. The zero-order chi connectivity index (χ0) is 24.6. The molecule has 4 atom stereocenters. The van der Waals surface area contributed by atoms with Crippen molar-refractivity contribution < 1.29 is 9.90 Å². The van der Waals surface area contributed by atoms with E-state index in [1.165, 1.54) is 56.3 Å². The van der Waals surface area contributed by atoms with Crippen LogP contribution in [0.15, 0.2) is 60.7 Å². The van der Waals surface area contributed by atoms with Crippen molar-refractivity contribution in [1.29, 1.82) is 0 Å². The lowest BCUT2D eigenvalue weighted by Crippen LogP contribution is -2.37. The molecule has 2 aromatic rings. The number of benzene rings is 2. The predicted octanol–water partition coefficient (Wildman–Crippen LogP) is 7.28. The summed E-state index contributed by atoms with van der Waals surface area (Å²) in [7, 11) is 0. The number of rotatable bonds is 11. The Kier molecular flexibility index (Phi) is 9.43. The molecule has 2 fully saturated rings. The Labute approximate surface area is 212 Å². The van der Waals surface area contributed by atoms with Crippen molar-refractivity contribution in [3.8, 4) is 0 Å². The summed E-state index contributed by atoms with van der Waals surface area (Å²) in [6, 6.07) is 21.8. The zero-order valence-corrected chi connectivity index (χ0v) is 21.8. The van der Waals surface area contributed by atoms with Crippen molar-refractivity contribution in [2.45, 2.75) is 71.1 Å². The molecule has 4 rings (SSSR count). The van der Waals surface area contributed by atoms with E-state index in [0.717, 1.165) is 31.7 Å². The molecular weight excluding hydrogens is 430 g/mol. The van der Waals surface area contributed by atoms with Crippen LogP contribution < -0.4 is 0 Å². The smallest absolute Gasteiger partial charge is 0.306 e. The van der Waals surface area contributed by atoms with Crippen molar-refractivity contribution in [2.75, 3.05) is 19.6 Å². The average Bonchev–Trinajstić information content (AvgIpc) is 3.28. The third-order valence-corrected chi connectivity index (χ3v) is 8.69. The number of hydrogen-bond donors (Lipinski definition) is 1. The van der Waals surface area contributed by atoms with Crippen LogP contribution in [-0.4, -0.2) is 35.6 Å². The van der Waals surface area contributed by atoms with E-state index in [0.29, 0.717) is 23.7 Å². The molecule has 1 saturated heterocycles. The Morgan fingerprint density at radius 3 is 2.26 bits per heavy atom. The number of piperidine rings is 1. The maximum Gasteiger partial charge on any atom is 0.306 e. The number of carboxylic acid groups (broad SMARTS) is 1. The van der Waals surface area contributed by atoms with Gasteiger partial charge in [0, 0.05) is 6.54 Å². The van der Waals surface area contributed by atoms with Crippen molar-refractivity contribution >= 4 is 5.97 Å². The lowest BCUT2D eigenvalue weighted by atomic mass is 9.83. The number of aryl methyl sites for hydroxylation is 1. The Bertz CT molecular complexity index is 888. The van der Waals surface area contributed by atoms with Gasteiger partial charge >= 0.3 is 5.97 Å². The van der Waals surface area contributed by atoms with Crippen LogP contribution in [0.3, 0.4) is 0 Å². The molecule has 35 heavy (non-hydrogen) atoms. The average molecular weight is 476 g/mol. The van der Waals surface area contributed by atoms with Crippen LogP contribution in [0, 0.1) is 29.6 Å². The highest BCUT2D eigenvalue weighted by Gasteiger charge is 2.42. The number of nitrogens with zero attached hydrogens (tertiary/aromatic N) is 1. The molecule has 1 saturated carbocycles. The van der Waals surface area contributed by atoms with Gasteiger partial charge in [0.1, 0.15) is 0 Å². The number of likely N-dealkylation sites (tertiary alicyclic amines) is 1. The third kappa shape index (κ3) is 7.43. The Balaban J connectivity index is 1.32. The van der Waals surface area contributed by atoms with Gasteiger partial charge in [-0.2, -0.15) is 0 Å². The van der Waals surface area contributed by atoms with Crippen molar-refractivity contribution in [2.24, 2.45) is 29.6 Å². The fraction of sp³-hybridized carbons (Fsp3) is 0.594. The van der Waals surface area contributed by atoms with E-state index in [1.807, 2.05) is 0 Å². The number of hydrogen-bond acceptors (Lipinski definition) is 2. The summed E-state index contributed by atoms with van der Waals surface area (Å²) in [5, 5.41) is 10.0. The predicted molar refractivity (Wildman–Crippen MR) is 145 cm³/mol. The molecule has 0 bridgehead atoms. The molecule has 2 aliphatic rings. The highest BCUT2D eigenvalue weighted by atomic mass is 16.4. The van der Waals surface area contributed by atoms with Gasteiger partial charge in [-0.3, -0.25) is 4.79 Å². The van der Waals surface area contributed by atoms with Gasteiger partial charge in [0.25, 0.3) is 0 Å². The minimum atomic E-state index is -0.590.